The summed E-state index contributed by atoms with van der Waals surface area (Å²) in [5, 5.41) is 0.669. The standard InChI is InChI=1S/C21H25ClN4O/c22-18-1-2-19(24-15-18)25-13-8-21(9-14-25)7-3-20(27)26(16-21)12-6-17-4-10-23-11-5-17/h1-2,4-5,10-11,15H,3,6-9,12-14,16H2. The number of nitrogens with zero attached hydrogens (tertiary/aromatic N) is 4. The van der Waals surface area contributed by atoms with Gasteiger partial charge in [-0.05, 0) is 60.9 Å². The van der Waals surface area contributed by atoms with Gasteiger partial charge in [0.15, 0.2) is 0 Å². The Hall–Kier alpha value is -2.14. The molecule has 0 saturated carbocycles. The highest BCUT2D eigenvalue weighted by Crippen LogP contribution is 2.41. The molecule has 2 aromatic heterocycles. The average Bonchev–Trinajstić information content (AvgIpc) is 2.71. The van der Waals surface area contributed by atoms with Crippen LogP contribution in [0, 0.1) is 5.41 Å². The largest absolute Gasteiger partial charge is 0.357 e. The highest BCUT2D eigenvalue weighted by atomic mass is 35.5. The molecule has 1 spiro atoms. The molecular formula is C21H25ClN4O. The monoisotopic (exact) mass is 384 g/mol. The number of carbonyl (C=O) groups excluding carboxylic acids is 1. The van der Waals surface area contributed by atoms with Gasteiger partial charge in [0.25, 0.3) is 0 Å². The Balaban J connectivity index is 1.36. The predicted octanol–water partition coefficient (Wildman–Crippen LogP) is 3.58. The molecule has 0 aromatic carbocycles. The topological polar surface area (TPSA) is 49.3 Å². The van der Waals surface area contributed by atoms with Gasteiger partial charge >= 0.3 is 0 Å². The number of piperidine rings is 2. The summed E-state index contributed by atoms with van der Waals surface area (Å²) >= 11 is 5.95. The van der Waals surface area contributed by atoms with Crippen LogP contribution in [0.1, 0.15) is 31.2 Å². The molecule has 6 heteroatoms. The molecule has 0 unspecified atom stereocenters. The third kappa shape index (κ3) is 4.24. The Morgan fingerprint density at radius 2 is 1.85 bits per heavy atom. The molecule has 1 amide bonds. The normalized spacial score (nSPS) is 19.5. The lowest BCUT2D eigenvalue weighted by atomic mass is 9.72. The van der Waals surface area contributed by atoms with Gasteiger partial charge in [0.1, 0.15) is 5.82 Å². The zero-order chi connectivity index (χ0) is 18.7. The molecule has 27 heavy (non-hydrogen) atoms. The lowest BCUT2D eigenvalue weighted by Gasteiger charge is -2.47. The van der Waals surface area contributed by atoms with Crippen molar-refractivity contribution in [3.05, 3.63) is 53.4 Å². The number of pyridine rings is 2. The highest BCUT2D eigenvalue weighted by molar-refractivity contribution is 6.30. The lowest BCUT2D eigenvalue weighted by molar-refractivity contribution is -0.138. The summed E-state index contributed by atoms with van der Waals surface area (Å²) in [6, 6.07) is 7.95. The van der Waals surface area contributed by atoms with Crippen molar-refractivity contribution >= 4 is 23.3 Å². The number of anilines is 1. The summed E-state index contributed by atoms with van der Waals surface area (Å²) in [5.41, 5.74) is 1.50. The number of carbonyl (C=O) groups is 1. The number of aromatic nitrogens is 2. The van der Waals surface area contributed by atoms with Gasteiger partial charge in [-0.1, -0.05) is 11.6 Å². The van der Waals surface area contributed by atoms with Gasteiger partial charge < -0.3 is 9.80 Å². The zero-order valence-electron chi connectivity index (χ0n) is 15.5. The van der Waals surface area contributed by atoms with Crippen LogP contribution in [0.3, 0.4) is 0 Å². The molecule has 0 radical (unpaired) electrons. The molecule has 2 aliphatic heterocycles. The molecule has 0 atom stereocenters. The Labute approximate surface area is 165 Å². The van der Waals surface area contributed by atoms with Crippen molar-refractivity contribution in [1.82, 2.24) is 14.9 Å². The zero-order valence-corrected chi connectivity index (χ0v) is 16.2. The van der Waals surface area contributed by atoms with Crippen LogP contribution in [-0.4, -0.2) is 47.0 Å². The van der Waals surface area contributed by atoms with Crippen molar-refractivity contribution in [2.75, 3.05) is 31.1 Å². The van der Waals surface area contributed by atoms with E-state index in [0.29, 0.717) is 17.4 Å². The summed E-state index contributed by atoms with van der Waals surface area (Å²) in [4.78, 5) is 25.4. The summed E-state index contributed by atoms with van der Waals surface area (Å²) in [6.45, 7) is 3.66. The third-order valence-corrected chi connectivity index (χ3v) is 6.25. The first kappa shape index (κ1) is 18.2. The second kappa shape index (κ2) is 7.85. The molecule has 0 bridgehead atoms. The second-order valence-corrected chi connectivity index (χ2v) is 8.18. The van der Waals surface area contributed by atoms with Gasteiger partial charge in [-0.25, -0.2) is 4.98 Å². The summed E-state index contributed by atoms with van der Waals surface area (Å²) in [6.07, 6.45) is 10.1. The number of halogens is 1. The minimum Gasteiger partial charge on any atom is -0.357 e. The van der Waals surface area contributed by atoms with Crippen LogP contribution in [0.15, 0.2) is 42.9 Å². The highest BCUT2D eigenvalue weighted by Gasteiger charge is 2.40. The van der Waals surface area contributed by atoms with Crippen molar-refractivity contribution in [3.8, 4) is 0 Å². The average molecular weight is 385 g/mol. The SMILES string of the molecule is O=C1CCC2(CCN(c3ccc(Cl)cn3)CC2)CN1CCc1ccncc1. The van der Waals surface area contributed by atoms with E-state index in [-0.39, 0.29) is 5.41 Å². The molecule has 2 fully saturated rings. The van der Waals surface area contributed by atoms with E-state index < -0.39 is 0 Å². The van der Waals surface area contributed by atoms with Crippen molar-refractivity contribution in [2.24, 2.45) is 5.41 Å². The van der Waals surface area contributed by atoms with E-state index in [2.05, 4.69) is 19.8 Å². The molecule has 2 saturated heterocycles. The van der Waals surface area contributed by atoms with Gasteiger partial charge in [0, 0.05) is 51.2 Å². The molecule has 5 nitrogen and oxygen atoms in total. The van der Waals surface area contributed by atoms with E-state index >= 15 is 0 Å². The van der Waals surface area contributed by atoms with E-state index in [1.807, 2.05) is 36.7 Å². The maximum atomic E-state index is 12.4. The molecule has 4 rings (SSSR count). The first-order valence-electron chi connectivity index (χ1n) is 9.67. The quantitative estimate of drug-likeness (QED) is 0.808. The van der Waals surface area contributed by atoms with E-state index in [9.17, 15) is 4.79 Å². The minimum atomic E-state index is 0.259. The molecule has 2 aliphatic rings. The fourth-order valence-corrected chi connectivity index (χ4v) is 4.40. The fraction of sp³-hybridized carbons (Fsp3) is 0.476. The van der Waals surface area contributed by atoms with Crippen LogP contribution >= 0.6 is 11.6 Å². The summed E-state index contributed by atoms with van der Waals surface area (Å²) < 4.78 is 0. The van der Waals surface area contributed by atoms with Gasteiger partial charge in [-0.15, -0.1) is 0 Å². The van der Waals surface area contributed by atoms with Gasteiger partial charge in [0.2, 0.25) is 5.91 Å². The fourth-order valence-electron chi connectivity index (χ4n) is 4.29. The van der Waals surface area contributed by atoms with Crippen LogP contribution in [-0.2, 0) is 11.2 Å². The molecule has 0 aliphatic carbocycles. The Morgan fingerprint density at radius 1 is 1.07 bits per heavy atom. The van der Waals surface area contributed by atoms with Crippen molar-refractivity contribution in [1.29, 1.82) is 0 Å². The summed E-state index contributed by atoms with van der Waals surface area (Å²) in [5.74, 6) is 1.30. The predicted molar refractivity (Wildman–Crippen MR) is 107 cm³/mol. The van der Waals surface area contributed by atoms with Crippen LogP contribution in [0.2, 0.25) is 5.02 Å². The van der Waals surface area contributed by atoms with E-state index in [0.717, 1.165) is 57.7 Å². The van der Waals surface area contributed by atoms with Crippen LogP contribution in [0.5, 0.6) is 0 Å². The van der Waals surface area contributed by atoms with Crippen molar-refractivity contribution in [2.45, 2.75) is 32.1 Å². The first-order chi connectivity index (χ1) is 13.1. The lowest BCUT2D eigenvalue weighted by Crippen LogP contribution is -2.52. The van der Waals surface area contributed by atoms with Crippen LogP contribution in [0.25, 0.3) is 0 Å². The smallest absolute Gasteiger partial charge is 0.222 e. The molecule has 2 aromatic rings. The van der Waals surface area contributed by atoms with Gasteiger partial charge in [-0.3, -0.25) is 9.78 Å². The minimum absolute atomic E-state index is 0.259. The molecule has 4 heterocycles. The van der Waals surface area contributed by atoms with Crippen LogP contribution in [0.4, 0.5) is 5.82 Å². The van der Waals surface area contributed by atoms with Crippen LogP contribution < -0.4 is 4.90 Å². The first-order valence-corrected chi connectivity index (χ1v) is 10.0. The number of rotatable bonds is 4. The molecular weight excluding hydrogens is 360 g/mol. The molecule has 142 valence electrons. The van der Waals surface area contributed by atoms with E-state index in [1.54, 1.807) is 6.20 Å². The summed E-state index contributed by atoms with van der Waals surface area (Å²) in [7, 11) is 0. The maximum Gasteiger partial charge on any atom is 0.222 e. The number of likely N-dealkylation sites (tertiary alicyclic amines) is 1. The van der Waals surface area contributed by atoms with Gasteiger partial charge in [0.05, 0.1) is 5.02 Å². The second-order valence-electron chi connectivity index (χ2n) is 7.74. The van der Waals surface area contributed by atoms with E-state index in [1.165, 1.54) is 5.56 Å². The molecule has 0 N–H and O–H groups in total. The van der Waals surface area contributed by atoms with E-state index in [4.69, 9.17) is 11.6 Å². The van der Waals surface area contributed by atoms with Gasteiger partial charge in [-0.2, -0.15) is 0 Å². The Kier molecular flexibility index (Phi) is 5.30. The number of amides is 1. The third-order valence-electron chi connectivity index (χ3n) is 6.03. The Bertz CT molecular complexity index is 773. The maximum absolute atomic E-state index is 12.4. The number of hydrogen-bond acceptors (Lipinski definition) is 4. The van der Waals surface area contributed by atoms with Crippen molar-refractivity contribution in [3.63, 3.8) is 0 Å². The number of hydrogen-bond donors (Lipinski definition) is 0. The van der Waals surface area contributed by atoms with Crippen molar-refractivity contribution < 1.29 is 4.79 Å². The Morgan fingerprint density at radius 3 is 2.56 bits per heavy atom.